The molecule has 0 aromatic heterocycles. The molecule has 94 valence electrons. The van der Waals surface area contributed by atoms with Crippen molar-refractivity contribution in [2.75, 3.05) is 19.8 Å². The number of nitrogens with two attached hydrogens (primary N) is 1. The van der Waals surface area contributed by atoms with Crippen LogP contribution in [0.3, 0.4) is 0 Å². The quantitative estimate of drug-likeness (QED) is 0.803. The Balaban J connectivity index is 1.92. The molecule has 0 aliphatic carbocycles. The smallest absolute Gasteiger partial charge is 0.0729 e. The molecule has 2 unspecified atom stereocenters. The van der Waals surface area contributed by atoms with Gasteiger partial charge in [-0.05, 0) is 38.0 Å². The van der Waals surface area contributed by atoms with E-state index in [-0.39, 0.29) is 5.60 Å². The molecule has 16 heavy (non-hydrogen) atoms. The maximum absolute atomic E-state index is 6.26. The predicted octanol–water partition coefficient (Wildman–Crippen LogP) is 2.09. The molecule has 2 rings (SSSR count). The van der Waals surface area contributed by atoms with Crippen molar-refractivity contribution >= 4 is 0 Å². The summed E-state index contributed by atoms with van der Waals surface area (Å²) in [6.45, 7) is 4.82. The average Bonchev–Trinajstić information content (AvgIpc) is 2.30. The highest BCUT2D eigenvalue weighted by molar-refractivity contribution is 4.91. The molecule has 2 atom stereocenters. The zero-order valence-corrected chi connectivity index (χ0v) is 10.4. The Morgan fingerprint density at radius 2 is 2.06 bits per heavy atom. The second-order valence-electron chi connectivity index (χ2n) is 5.35. The first-order chi connectivity index (χ1) is 7.76. The highest BCUT2D eigenvalue weighted by atomic mass is 16.5. The lowest BCUT2D eigenvalue weighted by molar-refractivity contribution is -0.149. The molecule has 0 radical (unpaired) electrons. The highest BCUT2D eigenvalue weighted by Gasteiger charge is 2.40. The summed E-state index contributed by atoms with van der Waals surface area (Å²) in [4.78, 5) is 0. The lowest BCUT2D eigenvalue weighted by atomic mass is 9.77. The van der Waals surface area contributed by atoms with Crippen molar-refractivity contribution in [3.8, 4) is 0 Å². The second-order valence-corrected chi connectivity index (χ2v) is 5.35. The highest BCUT2D eigenvalue weighted by Crippen LogP contribution is 2.38. The maximum atomic E-state index is 6.26. The van der Waals surface area contributed by atoms with Gasteiger partial charge in [-0.2, -0.15) is 0 Å². The monoisotopic (exact) mass is 227 g/mol. The predicted molar refractivity (Wildman–Crippen MR) is 64.3 cm³/mol. The normalized spacial score (nSPS) is 31.5. The van der Waals surface area contributed by atoms with E-state index in [9.17, 15) is 0 Å². The van der Waals surface area contributed by atoms with Crippen molar-refractivity contribution in [1.29, 1.82) is 0 Å². The van der Waals surface area contributed by atoms with Gasteiger partial charge >= 0.3 is 0 Å². The molecular formula is C13H25NO2. The molecule has 2 N–H and O–H groups in total. The Hall–Kier alpha value is -0.120. The molecule has 2 saturated heterocycles. The van der Waals surface area contributed by atoms with Gasteiger partial charge in [-0.1, -0.05) is 13.3 Å². The van der Waals surface area contributed by atoms with Gasteiger partial charge in [0.1, 0.15) is 0 Å². The minimum Gasteiger partial charge on any atom is -0.381 e. The molecule has 2 aliphatic heterocycles. The number of hydrogen-bond acceptors (Lipinski definition) is 3. The van der Waals surface area contributed by atoms with E-state index in [1.165, 1.54) is 6.42 Å². The zero-order valence-electron chi connectivity index (χ0n) is 10.4. The van der Waals surface area contributed by atoms with Crippen molar-refractivity contribution in [3.63, 3.8) is 0 Å². The van der Waals surface area contributed by atoms with E-state index in [4.69, 9.17) is 15.2 Å². The third-order valence-corrected chi connectivity index (χ3v) is 4.16. The standard InChI is InChI=1S/C13H25NO2/c1-2-3-12(14)11-4-7-16-13(10-11)5-8-15-9-6-13/h11-12H,2-10,14H2,1H3. The molecule has 2 aliphatic rings. The summed E-state index contributed by atoms with van der Waals surface area (Å²) in [6, 6.07) is 0.369. The summed E-state index contributed by atoms with van der Waals surface area (Å²) in [5.74, 6) is 0.659. The fourth-order valence-corrected chi connectivity index (χ4v) is 3.09. The van der Waals surface area contributed by atoms with Crippen molar-refractivity contribution in [1.82, 2.24) is 0 Å². The van der Waals surface area contributed by atoms with Crippen LogP contribution in [0, 0.1) is 5.92 Å². The first-order valence-electron chi connectivity index (χ1n) is 6.73. The third-order valence-electron chi connectivity index (χ3n) is 4.16. The lowest BCUT2D eigenvalue weighted by Gasteiger charge is -2.44. The summed E-state index contributed by atoms with van der Waals surface area (Å²) in [6.07, 6.45) is 6.75. The summed E-state index contributed by atoms with van der Waals surface area (Å²) in [7, 11) is 0. The van der Waals surface area contributed by atoms with Gasteiger partial charge in [0.25, 0.3) is 0 Å². The first kappa shape index (κ1) is 12.3. The van der Waals surface area contributed by atoms with E-state index < -0.39 is 0 Å². The van der Waals surface area contributed by atoms with Gasteiger partial charge in [-0.25, -0.2) is 0 Å². The van der Waals surface area contributed by atoms with Gasteiger partial charge < -0.3 is 15.2 Å². The Morgan fingerprint density at radius 1 is 1.31 bits per heavy atom. The fraction of sp³-hybridized carbons (Fsp3) is 1.00. The summed E-state index contributed by atoms with van der Waals surface area (Å²) in [5.41, 5.74) is 6.37. The Morgan fingerprint density at radius 3 is 2.75 bits per heavy atom. The molecule has 3 nitrogen and oxygen atoms in total. The van der Waals surface area contributed by atoms with Crippen LogP contribution in [0.2, 0.25) is 0 Å². The molecule has 0 aromatic carbocycles. The van der Waals surface area contributed by atoms with Gasteiger partial charge in [0.2, 0.25) is 0 Å². The summed E-state index contributed by atoms with van der Waals surface area (Å²) >= 11 is 0. The van der Waals surface area contributed by atoms with Crippen LogP contribution in [0.25, 0.3) is 0 Å². The van der Waals surface area contributed by atoms with Gasteiger partial charge in [-0.15, -0.1) is 0 Å². The molecule has 3 heteroatoms. The van der Waals surface area contributed by atoms with Crippen molar-refractivity contribution in [2.45, 2.75) is 57.1 Å². The summed E-state index contributed by atoms with van der Waals surface area (Å²) in [5, 5.41) is 0. The van der Waals surface area contributed by atoms with Crippen LogP contribution in [0.5, 0.6) is 0 Å². The topological polar surface area (TPSA) is 44.5 Å². The molecule has 0 saturated carbocycles. The third kappa shape index (κ3) is 2.76. The molecule has 1 spiro atoms. The van der Waals surface area contributed by atoms with Crippen LogP contribution in [0.4, 0.5) is 0 Å². The Bertz CT molecular complexity index is 208. The van der Waals surface area contributed by atoms with E-state index >= 15 is 0 Å². The van der Waals surface area contributed by atoms with Crippen molar-refractivity contribution in [3.05, 3.63) is 0 Å². The zero-order chi connectivity index (χ0) is 11.4. The van der Waals surface area contributed by atoms with Gasteiger partial charge in [0.05, 0.1) is 5.60 Å². The van der Waals surface area contributed by atoms with Gasteiger partial charge in [-0.3, -0.25) is 0 Å². The SMILES string of the molecule is CCCC(N)C1CCOC2(CCOCC2)C1. The minimum absolute atomic E-state index is 0.104. The molecule has 0 bridgehead atoms. The first-order valence-corrected chi connectivity index (χ1v) is 6.73. The number of rotatable bonds is 3. The van der Waals surface area contributed by atoms with Crippen molar-refractivity contribution < 1.29 is 9.47 Å². The van der Waals surface area contributed by atoms with Crippen LogP contribution < -0.4 is 5.73 Å². The van der Waals surface area contributed by atoms with E-state index in [1.807, 2.05) is 0 Å². The van der Waals surface area contributed by atoms with Gasteiger partial charge in [0, 0.05) is 25.9 Å². The van der Waals surface area contributed by atoms with Gasteiger partial charge in [0.15, 0.2) is 0 Å². The van der Waals surface area contributed by atoms with Crippen LogP contribution in [0.15, 0.2) is 0 Å². The average molecular weight is 227 g/mol. The van der Waals surface area contributed by atoms with Crippen LogP contribution in [-0.4, -0.2) is 31.5 Å². The molecule has 0 amide bonds. The van der Waals surface area contributed by atoms with Crippen LogP contribution >= 0.6 is 0 Å². The number of hydrogen-bond donors (Lipinski definition) is 1. The molecule has 2 heterocycles. The molecular weight excluding hydrogens is 202 g/mol. The Labute approximate surface area is 98.7 Å². The second kappa shape index (κ2) is 5.48. The fourth-order valence-electron chi connectivity index (χ4n) is 3.09. The van der Waals surface area contributed by atoms with E-state index in [0.717, 1.165) is 51.9 Å². The van der Waals surface area contributed by atoms with Crippen molar-refractivity contribution in [2.24, 2.45) is 11.7 Å². The van der Waals surface area contributed by atoms with Crippen LogP contribution in [0.1, 0.15) is 45.4 Å². The number of ether oxygens (including phenoxy) is 2. The summed E-state index contributed by atoms with van der Waals surface area (Å²) < 4.78 is 11.5. The van der Waals surface area contributed by atoms with E-state index in [0.29, 0.717) is 12.0 Å². The molecule has 0 aromatic rings. The maximum Gasteiger partial charge on any atom is 0.0729 e. The minimum atomic E-state index is 0.104. The van der Waals surface area contributed by atoms with E-state index in [2.05, 4.69) is 6.92 Å². The van der Waals surface area contributed by atoms with Crippen LogP contribution in [-0.2, 0) is 9.47 Å². The van der Waals surface area contributed by atoms with E-state index in [1.54, 1.807) is 0 Å². The molecule has 2 fully saturated rings. The lowest BCUT2D eigenvalue weighted by Crippen LogP contribution is -2.48. The Kier molecular flexibility index (Phi) is 4.22. The largest absolute Gasteiger partial charge is 0.381 e.